The molecule has 2 saturated heterocycles. The number of oxazole rings is 1. The van der Waals surface area contributed by atoms with Crippen LogP contribution in [0.2, 0.25) is 0 Å². The molecular formula is C12H17N3O2. The summed E-state index contributed by atoms with van der Waals surface area (Å²) in [7, 11) is 0. The monoisotopic (exact) mass is 235 g/mol. The first-order valence-electron chi connectivity index (χ1n) is 6.14. The minimum absolute atomic E-state index is 0.0112. The number of amides is 1. The highest BCUT2D eigenvalue weighted by molar-refractivity contribution is 5.93. The summed E-state index contributed by atoms with van der Waals surface area (Å²) in [5.41, 5.74) is 0.699. The number of nitrogens with one attached hydrogen (secondary N) is 1. The number of aromatic nitrogens is 1. The molecule has 1 aromatic rings. The predicted octanol–water partition coefficient (Wildman–Crippen LogP) is 0.868. The lowest BCUT2D eigenvalue weighted by Gasteiger charge is -2.34. The van der Waals surface area contributed by atoms with Crippen LogP contribution < -0.4 is 5.32 Å². The van der Waals surface area contributed by atoms with Gasteiger partial charge in [-0.1, -0.05) is 0 Å². The molecule has 0 aliphatic carbocycles. The van der Waals surface area contributed by atoms with Crippen molar-refractivity contribution in [1.82, 2.24) is 15.2 Å². The Labute approximate surface area is 100 Å². The highest BCUT2D eigenvalue weighted by atomic mass is 16.4. The zero-order chi connectivity index (χ0) is 12.0. The fourth-order valence-electron chi connectivity index (χ4n) is 2.96. The van der Waals surface area contributed by atoms with Crippen LogP contribution in [0.1, 0.15) is 35.0 Å². The Bertz CT molecular complexity index is 439. The van der Waals surface area contributed by atoms with E-state index in [0.717, 1.165) is 25.9 Å². The van der Waals surface area contributed by atoms with Crippen molar-refractivity contribution in [3.05, 3.63) is 17.3 Å². The number of hydrogen-bond acceptors (Lipinski definition) is 4. The second-order valence-corrected chi connectivity index (χ2v) is 4.90. The fourth-order valence-corrected chi connectivity index (χ4v) is 2.96. The highest BCUT2D eigenvalue weighted by Gasteiger charge is 2.41. The van der Waals surface area contributed by atoms with Gasteiger partial charge in [-0.3, -0.25) is 4.79 Å². The average Bonchev–Trinajstić information content (AvgIpc) is 2.75. The quantitative estimate of drug-likeness (QED) is 0.784. The smallest absolute Gasteiger partial charge is 0.292 e. The first-order valence-corrected chi connectivity index (χ1v) is 6.14. The van der Waals surface area contributed by atoms with Crippen molar-refractivity contribution >= 4 is 5.91 Å². The molecule has 2 unspecified atom stereocenters. The minimum atomic E-state index is 0.0112. The van der Waals surface area contributed by atoms with Gasteiger partial charge in [0.15, 0.2) is 5.89 Å². The van der Waals surface area contributed by atoms with Crippen molar-refractivity contribution < 1.29 is 9.21 Å². The van der Waals surface area contributed by atoms with Crippen molar-refractivity contribution in [1.29, 1.82) is 0 Å². The molecule has 2 atom stereocenters. The number of carbonyl (C=O) groups is 1. The first kappa shape index (κ1) is 10.8. The van der Waals surface area contributed by atoms with Crippen molar-refractivity contribution in [3.8, 4) is 0 Å². The lowest BCUT2D eigenvalue weighted by atomic mass is 10.2. The van der Waals surface area contributed by atoms with Gasteiger partial charge in [-0.05, 0) is 19.8 Å². The fraction of sp³-hybridized carbons (Fsp3) is 0.667. The van der Waals surface area contributed by atoms with E-state index in [1.165, 1.54) is 0 Å². The molecular weight excluding hydrogens is 218 g/mol. The summed E-state index contributed by atoms with van der Waals surface area (Å²) >= 11 is 0. The van der Waals surface area contributed by atoms with E-state index in [2.05, 4.69) is 10.3 Å². The number of fused-ring (bicyclic) bond motifs is 2. The van der Waals surface area contributed by atoms with Crippen LogP contribution in [0.15, 0.2) is 4.42 Å². The molecule has 5 nitrogen and oxygen atoms in total. The van der Waals surface area contributed by atoms with Gasteiger partial charge in [-0.25, -0.2) is 4.98 Å². The molecule has 2 aliphatic rings. The molecule has 2 aliphatic heterocycles. The highest BCUT2D eigenvalue weighted by Crippen LogP contribution is 2.29. The molecule has 92 valence electrons. The molecule has 0 aromatic carbocycles. The summed E-state index contributed by atoms with van der Waals surface area (Å²) in [5, 5.41) is 3.36. The Morgan fingerprint density at radius 3 is 2.53 bits per heavy atom. The standard InChI is InChI=1S/C12H17N3O2/c1-7-11(17-8(2)14-7)12(16)15-9-3-4-10(15)6-13-5-9/h9-10,13H,3-6H2,1-2H3. The summed E-state index contributed by atoms with van der Waals surface area (Å²) in [6.07, 6.45) is 2.19. The lowest BCUT2D eigenvalue weighted by Crippen LogP contribution is -2.54. The maximum absolute atomic E-state index is 12.5. The molecule has 0 radical (unpaired) electrons. The first-order chi connectivity index (χ1) is 8.16. The van der Waals surface area contributed by atoms with Gasteiger partial charge in [0.25, 0.3) is 5.91 Å². The van der Waals surface area contributed by atoms with E-state index in [0.29, 0.717) is 29.4 Å². The Hall–Kier alpha value is -1.36. The van der Waals surface area contributed by atoms with Crippen LogP contribution in [0.3, 0.4) is 0 Å². The van der Waals surface area contributed by atoms with Crippen LogP contribution in [0.4, 0.5) is 0 Å². The number of piperazine rings is 1. The molecule has 3 rings (SSSR count). The van der Waals surface area contributed by atoms with Crippen molar-refractivity contribution in [2.45, 2.75) is 38.8 Å². The van der Waals surface area contributed by atoms with Gasteiger partial charge < -0.3 is 14.6 Å². The van der Waals surface area contributed by atoms with E-state index in [-0.39, 0.29) is 5.91 Å². The summed E-state index contributed by atoms with van der Waals surface area (Å²) in [4.78, 5) is 18.6. The zero-order valence-electron chi connectivity index (χ0n) is 10.2. The van der Waals surface area contributed by atoms with Crippen LogP contribution >= 0.6 is 0 Å². The van der Waals surface area contributed by atoms with Crippen LogP contribution in [-0.2, 0) is 0 Å². The normalized spacial score (nSPS) is 27.5. The predicted molar refractivity (Wildman–Crippen MR) is 61.8 cm³/mol. The maximum atomic E-state index is 12.5. The minimum Gasteiger partial charge on any atom is -0.436 e. The third-order valence-corrected chi connectivity index (χ3v) is 3.71. The topological polar surface area (TPSA) is 58.4 Å². The summed E-state index contributed by atoms with van der Waals surface area (Å²) in [6.45, 7) is 5.40. The van der Waals surface area contributed by atoms with Crippen LogP contribution in [0, 0.1) is 13.8 Å². The van der Waals surface area contributed by atoms with Crippen molar-refractivity contribution in [2.24, 2.45) is 0 Å². The number of nitrogens with zero attached hydrogens (tertiary/aromatic N) is 2. The lowest BCUT2D eigenvalue weighted by molar-refractivity contribution is 0.0584. The number of carbonyl (C=O) groups excluding carboxylic acids is 1. The molecule has 2 fully saturated rings. The van der Waals surface area contributed by atoms with Gasteiger partial charge in [0.2, 0.25) is 5.76 Å². The van der Waals surface area contributed by atoms with Crippen LogP contribution in [-0.4, -0.2) is 41.0 Å². The van der Waals surface area contributed by atoms with E-state index in [4.69, 9.17) is 4.42 Å². The van der Waals surface area contributed by atoms with Gasteiger partial charge in [-0.15, -0.1) is 0 Å². The molecule has 1 amide bonds. The second-order valence-electron chi connectivity index (χ2n) is 4.90. The third-order valence-electron chi connectivity index (χ3n) is 3.71. The van der Waals surface area contributed by atoms with Crippen molar-refractivity contribution in [2.75, 3.05) is 13.1 Å². The van der Waals surface area contributed by atoms with Gasteiger partial charge >= 0.3 is 0 Å². The second kappa shape index (κ2) is 3.84. The third kappa shape index (κ3) is 1.65. The molecule has 3 heterocycles. The molecule has 1 aromatic heterocycles. The Kier molecular flexibility index (Phi) is 2.43. The largest absolute Gasteiger partial charge is 0.436 e. The zero-order valence-corrected chi connectivity index (χ0v) is 10.2. The van der Waals surface area contributed by atoms with E-state index < -0.39 is 0 Å². The number of rotatable bonds is 1. The van der Waals surface area contributed by atoms with Crippen LogP contribution in [0.5, 0.6) is 0 Å². The number of aryl methyl sites for hydroxylation is 2. The van der Waals surface area contributed by atoms with E-state index in [1.807, 2.05) is 11.8 Å². The molecule has 5 heteroatoms. The van der Waals surface area contributed by atoms with Gasteiger partial charge in [-0.2, -0.15) is 0 Å². The summed E-state index contributed by atoms with van der Waals surface area (Å²) in [5.74, 6) is 0.992. The van der Waals surface area contributed by atoms with E-state index >= 15 is 0 Å². The SMILES string of the molecule is Cc1nc(C)c(C(=O)N2C3CCC2CNC3)o1. The van der Waals surface area contributed by atoms with Gasteiger partial charge in [0, 0.05) is 32.1 Å². The summed E-state index contributed by atoms with van der Waals surface area (Å²) < 4.78 is 5.43. The van der Waals surface area contributed by atoms with Crippen LogP contribution in [0.25, 0.3) is 0 Å². The Morgan fingerprint density at radius 2 is 2.00 bits per heavy atom. The van der Waals surface area contributed by atoms with E-state index in [9.17, 15) is 4.79 Å². The average molecular weight is 235 g/mol. The molecule has 1 N–H and O–H groups in total. The van der Waals surface area contributed by atoms with Crippen molar-refractivity contribution in [3.63, 3.8) is 0 Å². The molecule has 0 saturated carbocycles. The Morgan fingerprint density at radius 1 is 1.35 bits per heavy atom. The molecule has 0 spiro atoms. The Balaban J connectivity index is 1.90. The molecule has 17 heavy (non-hydrogen) atoms. The molecule has 2 bridgehead atoms. The maximum Gasteiger partial charge on any atom is 0.292 e. The van der Waals surface area contributed by atoms with Gasteiger partial charge in [0.1, 0.15) is 0 Å². The van der Waals surface area contributed by atoms with Gasteiger partial charge in [0.05, 0.1) is 5.69 Å². The summed E-state index contributed by atoms with van der Waals surface area (Å²) in [6, 6.07) is 0.650. The number of hydrogen-bond donors (Lipinski definition) is 1. The van der Waals surface area contributed by atoms with E-state index in [1.54, 1.807) is 6.92 Å².